The number of rotatable bonds is 8. The van der Waals surface area contributed by atoms with E-state index in [9.17, 15) is 36.3 Å². The summed E-state index contributed by atoms with van der Waals surface area (Å²) in [5.74, 6) is -8.34. The van der Waals surface area contributed by atoms with Crippen molar-refractivity contribution < 1.29 is 45.5 Å². The van der Waals surface area contributed by atoms with Gasteiger partial charge in [0.2, 0.25) is 5.91 Å². The van der Waals surface area contributed by atoms with E-state index in [4.69, 9.17) is 39.5 Å². The summed E-state index contributed by atoms with van der Waals surface area (Å²) >= 11 is 18.7. The number of nitrogens with one attached hydrogen (secondary N) is 1. The van der Waals surface area contributed by atoms with Gasteiger partial charge in [0.1, 0.15) is 27.4 Å². The zero-order valence-electron chi connectivity index (χ0n) is 23.7. The number of benzene rings is 3. The summed E-state index contributed by atoms with van der Waals surface area (Å²) in [5, 5.41) is 2.42. The van der Waals surface area contributed by atoms with Gasteiger partial charge in [-0.2, -0.15) is 13.2 Å². The van der Waals surface area contributed by atoms with E-state index < -0.39 is 87.0 Å². The van der Waals surface area contributed by atoms with Crippen LogP contribution in [0.2, 0.25) is 5.02 Å². The highest BCUT2D eigenvalue weighted by Crippen LogP contribution is 2.65. The number of amides is 1. The number of Topliss-reactive ketones (excluding diaryl/α,β-unsaturated/α-hetero) is 1. The highest BCUT2D eigenvalue weighted by Gasteiger charge is 2.67. The van der Waals surface area contributed by atoms with Gasteiger partial charge in [0, 0.05) is 29.2 Å². The number of ether oxygens (including phenoxy) is 1. The van der Waals surface area contributed by atoms with Gasteiger partial charge in [0.15, 0.2) is 5.78 Å². The first-order valence-corrected chi connectivity index (χ1v) is 14.4. The fourth-order valence-electron chi connectivity index (χ4n) is 4.79. The van der Waals surface area contributed by atoms with Crippen molar-refractivity contribution in [3.05, 3.63) is 98.8 Å². The van der Waals surface area contributed by atoms with Crippen LogP contribution in [0.25, 0.3) is 0 Å². The second-order valence-electron chi connectivity index (χ2n) is 11.4. The van der Waals surface area contributed by atoms with E-state index in [1.165, 1.54) is 18.2 Å². The molecule has 3 aromatic carbocycles. The third-order valence-electron chi connectivity index (χ3n) is 6.88. The number of carbonyl (C=O) groups excluding carboxylic acids is 3. The molecule has 0 aliphatic heterocycles. The van der Waals surface area contributed by atoms with Gasteiger partial charge >= 0.3 is 12.1 Å². The molecule has 1 aliphatic rings. The highest BCUT2D eigenvalue weighted by molar-refractivity contribution is 6.53. The fraction of sp³-hybridized carbons (Fsp3) is 0.323. The molecular formula is C31H24Cl3F6NO4. The fourth-order valence-corrected chi connectivity index (χ4v) is 5.84. The SMILES string of the molecule is CC(C)(C)OC(=O)Cc1c(F)ccc(CC(=O)c2cc(NC(=O)[C@H]3[C@H](c4ccc(F)c(C(F)(F)F)c4)C3(Cl)Cl)ccc2Cl)c1F. The molecule has 5 nitrogen and oxygen atoms in total. The molecule has 0 unspecified atom stereocenters. The molecule has 3 aromatic rings. The third kappa shape index (κ3) is 7.76. The van der Waals surface area contributed by atoms with Gasteiger partial charge in [-0.25, -0.2) is 13.2 Å². The van der Waals surface area contributed by atoms with Gasteiger partial charge in [-0.15, -0.1) is 23.2 Å². The zero-order valence-corrected chi connectivity index (χ0v) is 26.0. The normalized spacial score (nSPS) is 17.5. The van der Waals surface area contributed by atoms with Gasteiger partial charge < -0.3 is 10.1 Å². The number of hydrogen-bond acceptors (Lipinski definition) is 4. The van der Waals surface area contributed by atoms with Crippen molar-refractivity contribution in [2.75, 3.05) is 5.32 Å². The maximum atomic E-state index is 15.2. The Hall–Kier alpha value is -3.28. The summed E-state index contributed by atoms with van der Waals surface area (Å²) in [5.41, 5.74) is -3.44. The summed E-state index contributed by atoms with van der Waals surface area (Å²) in [7, 11) is 0. The predicted octanol–water partition coefficient (Wildman–Crippen LogP) is 8.61. The molecular weight excluding hydrogens is 671 g/mol. The van der Waals surface area contributed by atoms with Crippen molar-refractivity contribution in [3.63, 3.8) is 0 Å². The number of alkyl halides is 5. The highest BCUT2D eigenvalue weighted by atomic mass is 35.5. The minimum Gasteiger partial charge on any atom is -0.460 e. The third-order valence-corrected chi connectivity index (χ3v) is 8.15. The topological polar surface area (TPSA) is 72.5 Å². The van der Waals surface area contributed by atoms with Crippen molar-refractivity contribution in [3.8, 4) is 0 Å². The Morgan fingerprint density at radius 3 is 2.18 bits per heavy atom. The first-order chi connectivity index (χ1) is 20.7. The molecule has 240 valence electrons. The van der Waals surface area contributed by atoms with E-state index in [0.29, 0.717) is 12.1 Å². The Kier molecular flexibility index (Phi) is 9.60. The average Bonchev–Trinajstić information content (AvgIpc) is 3.49. The predicted molar refractivity (Wildman–Crippen MR) is 156 cm³/mol. The summed E-state index contributed by atoms with van der Waals surface area (Å²) < 4.78 is 86.3. The van der Waals surface area contributed by atoms with Crippen molar-refractivity contribution in [1.82, 2.24) is 0 Å². The molecule has 1 aliphatic carbocycles. The molecule has 0 aromatic heterocycles. The second kappa shape index (κ2) is 12.5. The largest absolute Gasteiger partial charge is 0.460 e. The van der Waals surface area contributed by atoms with E-state index >= 15 is 4.39 Å². The lowest BCUT2D eigenvalue weighted by Gasteiger charge is -2.20. The molecule has 14 heteroatoms. The van der Waals surface area contributed by atoms with Gasteiger partial charge in [0.05, 0.1) is 22.9 Å². The summed E-state index contributed by atoms with van der Waals surface area (Å²) in [6.45, 7) is 4.78. The van der Waals surface area contributed by atoms with Crippen LogP contribution < -0.4 is 5.32 Å². The van der Waals surface area contributed by atoms with Crippen LogP contribution in [0.5, 0.6) is 0 Å². The van der Waals surface area contributed by atoms with Crippen LogP contribution in [-0.2, 0) is 33.3 Å². The van der Waals surface area contributed by atoms with Crippen LogP contribution in [0, 0.1) is 23.4 Å². The number of esters is 1. The molecule has 45 heavy (non-hydrogen) atoms. The lowest BCUT2D eigenvalue weighted by molar-refractivity contribution is -0.154. The van der Waals surface area contributed by atoms with E-state index in [-0.39, 0.29) is 27.4 Å². The van der Waals surface area contributed by atoms with Crippen LogP contribution in [0.3, 0.4) is 0 Å². The molecule has 1 N–H and O–H groups in total. The molecule has 4 rings (SSSR count). The van der Waals surface area contributed by atoms with E-state index in [1.807, 2.05) is 0 Å². The van der Waals surface area contributed by atoms with Crippen LogP contribution in [-0.4, -0.2) is 27.6 Å². The lowest BCUT2D eigenvalue weighted by Crippen LogP contribution is -2.25. The van der Waals surface area contributed by atoms with Gasteiger partial charge in [-0.3, -0.25) is 14.4 Å². The van der Waals surface area contributed by atoms with Gasteiger partial charge in [-0.05, 0) is 68.3 Å². The van der Waals surface area contributed by atoms with Gasteiger partial charge in [0.25, 0.3) is 0 Å². The summed E-state index contributed by atoms with van der Waals surface area (Å²) in [4.78, 5) is 38.4. The quantitative estimate of drug-likeness (QED) is 0.111. The monoisotopic (exact) mass is 693 g/mol. The molecule has 0 heterocycles. The Bertz CT molecular complexity index is 1690. The molecule has 2 atom stereocenters. The van der Waals surface area contributed by atoms with Crippen molar-refractivity contribution >= 4 is 58.1 Å². The average molecular weight is 695 g/mol. The molecule has 0 saturated heterocycles. The summed E-state index contributed by atoms with van der Waals surface area (Å²) in [6, 6.07) is 7.95. The molecule has 0 spiro atoms. The minimum atomic E-state index is -4.99. The standard InChI is InChI=1S/C31H24Cl3F6NO4/c1-29(2,3)45-24(43)13-18-21(35)8-5-15(27(18)37)11-23(42)17-12-16(6-7-20(17)32)41-28(44)26-25(30(26,33)34)14-4-9-22(36)19(10-14)31(38,39)40/h4-10,12,25-26H,11,13H2,1-3H3,(H,41,44)/t25-,26+/m0/s1. The van der Waals surface area contributed by atoms with Gasteiger partial charge in [-0.1, -0.05) is 23.7 Å². The lowest BCUT2D eigenvalue weighted by atomic mass is 9.98. The first-order valence-electron chi connectivity index (χ1n) is 13.3. The number of ketones is 1. The van der Waals surface area contributed by atoms with E-state index in [1.54, 1.807) is 20.8 Å². The van der Waals surface area contributed by atoms with E-state index in [0.717, 1.165) is 18.2 Å². The zero-order chi connectivity index (χ0) is 33.6. The Morgan fingerprint density at radius 2 is 1.56 bits per heavy atom. The van der Waals surface area contributed by atoms with Crippen molar-refractivity contribution in [1.29, 1.82) is 0 Å². The molecule has 0 bridgehead atoms. The van der Waals surface area contributed by atoms with Crippen LogP contribution in [0.1, 0.15) is 59.3 Å². The second-order valence-corrected chi connectivity index (χ2v) is 13.3. The Labute approximate surface area is 268 Å². The summed E-state index contributed by atoms with van der Waals surface area (Å²) in [6.07, 6.45) is -6.29. The number of anilines is 1. The van der Waals surface area contributed by atoms with Crippen LogP contribution in [0.15, 0.2) is 48.5 Å². The van der Waals surface area contributed by atoms with Crippen LogP contribution in [0.4, 0.5) is 32.0 Å². The first kappa shape index (κ1) is 34.6. The molecule has 1 fully saturated rings. The number of hydrogen-bond donors (Lipinski definition) is 1. The van der Waals surface area contributed by atoms with Crippen molar-refractivity contribution in [2.24, 2.45) is 5.92 Å². The van der Waals surface area contributed by atoms with E-state index in [2.05, 4.69) is 5.32 Å². The van der Waals surface area contributed by atoms with Crippen molar-refractivity contribution in [2.45, 2.75) is 55.6 Å². The maximum Gasteiger partial charge on any atom is 0.419 e. The number of carbonyl (C=O) groups is 3. The maximum absolute atomic E-state index is 15.2. The Morgan fingerprint density at radius 1 is 0.911 bits per heavy atom. The molecule has 1 saturated carbocycles. The minimum absolute atomic E-state index is 0.0304. The molecule has 1 amide bonds. The smallest absolute Gasteiger partial charge is 0.419 e. The van der Waals surface area contributed by atoms with Crippen LogP contribution >= 0.6 is 34.8 Å². The number of halogens is 9. The Balaban J connectivity index is 1.51. The molecule has 0 radical (unpaired) electrons.